The number of hydrogen-bond donors (Lipinski definition) is 0. The van der Waals surface area contributed by atoms with Crippen LogP contribution in [0.5, 0.6) is 0 Å². The zero-order valence-electron chi connectivity index (χ0n) is 8.52. The van der Waals surface area contributed by atoms with Gasteiger partial charge in [0.05, 0.1) is 0 Å². The van der Waals surface area contributed by atoms with E-state index in [1.54, 1.807) is 0 Å². The van der Waals surface area contributed by atoms with E-state index in [4.69, 9.17) is 0 Å². The second kappa shape index (κ2) is 5.08. The van der Waals surface area contributed by atoms with Crippen molar-refractivity contribution in [1.29, 1.82) is 0 Å². The molecule has 0 aromatic heterocycles. The normalized spacial score (nSPS) is 29.5. The SMILES string of the molecule is CC[C@H](C=O)[C@@H]1CCCC[C@H]1[N+](=O)[O-]. The van der Waals surface area contributed by atoms with E-state index in [2.05, 4.69) is 0 Å². The van der Waals surface area contributed by atoms with E-state index in [1.165, 1.54) is 0 Å². The Bertz CT molecular complexity index is 217. The lowest BCUT2D eigenvalue weighted by molar-refractivity contribution is -0.537. The molecule has 0 aromatic rings. The molecule has 4 heteroatoms. The standard InChI is InChI=1S/C10H17NO3/c1-2-8(7-12)9-5-3-4-6-10(9)11(13)14/h7-10H,2-6H2,1H3/t8-,9+,10-/m1/s1. The first-order chi connectivity index (χ1) is 6.70. The number of nitrogens with zero attached hydrogens (tertiary/aromatic N) is 1. The van der Waals surface area contributed by atoms with Crippen LogP contribution in [0.25, 0.3) is 0 Å². The van der Waals surface area contributed by atoms with E-state index in [9.17, 15) is 14.9 Å². The van der Waals surface area contributed by atoms with Crippen molar-refractivity contribution < 1.29 is 9.72 Å². The second-order valence-electron chi connectivity index (χ2n) is 4.01. The number of carbonyl (C=O) groups is 1. The molecule has 1 saturated carbocycles. The molecule has 4 nitrogen and oxygen atoms in total. The van der Waals surface area contributed by atoms with E-state index in [0.29, 0.717) is 6.42 Å². The first-order valence-corrected chi connectivity index (χ1v) is 5.29. The number of nitro groups is 1. The van der Waals surface area contributed by atoms with Crippen LogP contribution in [0, 0.1) is 22.0 Å². The van der Waals surface area contributed by atoms with Crippen LogP contribution in [0.2, 0.25) is 0 Å². The van der Waals surface area contributed by atoms with Crippen LogP contribution in [0.3, 0.4) is 0 Å². The molecule has 0 saturated heterocycles. The fraction of sp³-hybridized carbons (Fsp3) is 0.900. The molecule has 0 unspecified atom stereocenters. The first kappa shape index (κ1) is 11.1. The molecular weight excluding hydrogens is 182 g/mol. The van der Waals surface area contributed by atoms with Crippen LogP contribution in [0.4, 0.5) is 0 Å². The summed E-state index contributed by atoms with van der Waals surface area (Å²) in [7, 11) is 0. The Kier molecular flexibility index (Phi) is 4.04. The minimum absolute atomic E-state index is 0.0266. The summed E-state index contributed by atoms with van der Waals surface area (Å²) in [5.74, 6) is -0.146. The minimum atomic E-state index is -0.487. The minimum Gasteiger partial charge on any atom is -0.303 e. The predicted molar refractivity (Wildman–Crippen MR) is 52.6 cm³/mol. The highest BCUT2D eigenvalue weighted by Gasteiger charge is 2.38. The van der Waals surface area contributed by atoms with Crippen molar-refractivity contribution in [2.75, 3.05) is 0 Å². The van der Waals surface area contributed by atoms with Crippen LogP contribution < -0.4 is 0 Å². The van der Waals surface area contributed by atoms with Crippen LogP contribution in [0.1, 0.15) is 39.0 Å². The smallest absolute Gasteiger partial charge is 0.216 e. The second-order valence-corrected chi connectivity index (χ2v) is 4.01. The van der Waals surface area contributed by atoms with Crippen LogP contribution in [0.15, 0.2) is 0 Å². The summed E-state index contributed by atoms with van der Waals surface area (Å²) in [6, 6.07) is -0.487. The van der Waals surface area contributed by atoms with E-state index in [1.807, 2.05) is 6.92 Å². The summed E-state index contributed by atoms with van der Waals surface area (Å²) >= 11 is 0. The lowest BCUT2D eigenvalue weighted by Gasteiger charge is -2.28. The van der Waals surface area contributed by atoms with E-state index in [-0.39, 0.29) is 16.8 Å². The summed E-state index contributed by atoms with van der Waals surface area (Å²) < 4.78 is 0. The molecule has 0 radical (unpaired) electrons. The summed E-state index contributed by atoms with van der Waals surface area (Å²) in [4.78, 5) is 21.4. The maximum Gasteiger partial charge on any atom is 0.216 e. The highest BCUT2D eigenvalue weighted by Crippen LogP contribution is 2.32. The van der Waals surface area contributed by atoms with Crippen molar-refractivity contribution in [3.8, 4) is 0 Å². The van der Waals surface area contributed by atoms with Crippen LogP contribution in [-0.2, 0) is 4.79 Å². The van der Waals surface area contributed by atoms with Gasteiger partial charge in [0.2, 0.25) is 6.04 Å². The summed E-state index contributed by atoms with van der Waals surface area (Å²) in [6.45, 7) is 1.92. The lowest BCUT2D eigenvalue weighted by Crippen LogP contribution is -2.37. The molecule has 1 fully saturated rings. The van der Waals surface area contributed by atoms with Crippen molar-refractivity contribution in [2.24, 2.45) is 11.8 Å². The Hall–Kier alpha value is -0.930. The Morgan fingerprint density at radius 3 is 2.64 bits per heavy atom. The summed E-state index contributed by atoms with van der Waals surface area (Å²) in [6.07, 6.45) is 5.05. The van der Waals surface area contributed by atoms with Gasteiger partial charge in [0.15, 0.2) is 0 Å². The van der Waals surface area contributed by atoms with Gasteiger partial charge in [0, 0.05) is 23.2 Å². The molecule has 0 aliphatic heterocycles. The van der Waals surface area contributed by atoms with Crippen molar-refractivity contribution >= 4 is 6.29 Å². The monoisotopic (exact) mass is 199 g/mol. The Balaban J connectivity index is 2.70. The first-order valence-electron chi connectivity index (χ1n) is 5.29. The van der Waals surface area contributed by atoms with Gasteiger partial charge in [-0.15, -0.1) is 0 Å². The van der Waals surface area contributed by atoms with Crippen molar-refractivity contribution in [2.45, 2.75) is 45.1 Å². The largest absolute Gasteiger partial charge is 0.303 e. The van der Waals surface area contributed by atoms with Gasteiger partial charge in [-0.25, -0.2) is 0 Å². The number of aldehydes is 1. The third-order valence-corrected chi connectivity index (χ3v) is 3.25. The summed E-state index contributed by atoms with van der Waals surface area (Å²) in [5.41, 5.74) is 0. The van der Waals surface area contributed by atoms with Gasteiger partial charge >= 0.3 is 0 Å². The van der Waals surface area contributed by atoms with Gasteiger partial charge in [-0.2, -0.15) is 0 Å². The average Bonchev–Trinajstić information content (AvgIpc) is 2.20. The summed E-state index contributed by atoms with van der Waals surface area (Å²) in [5, 5.41) is 10.8. The van der Waals surface area contributed by atoms with Gasteiger partial charge in [0.1, 0.15) is 6.29 Å². The molecule has 0 N–H and O–H groups in total. The molecular formula is C10H17NO3. The number of hydrogen-bond acceptors (Lipinski definition) is 3. The number of carbonyl (C=O) groups excluding carboxylic acids is 1. The molecule has 0 aromatic carbocycles. The Labute approximate surface area is 83.8 Å². The maximum atomic E-state index is 10.8. The van der Waals surface area contributed by atoms with Crippen LogP contribution >= 0.6 is 0 Å². The van der Waals surface area contributed by atoms with Gasteiger partial charge in [0.25, 0.3) is 0 Å². The average molecular weight is 199 g/mol. The molecule has 3 atom stereocenters. The highest BCUT2D eigenvalue weighted by atomic mass is 16.6. The van der Waals surface area contributed by atoms with Crippen LogP contribution in [-0.4, -0.2) is 17.3 Å². The molecule has 0 heterocycles. The van der Waals surface area contributed by atoms with E-state index in [0.717, 1.165) is 32.0 Å². The molecule has 0 spiro atoms. The van der Waals surface area contributed by atoms with Crippen molar-refractivity contribution in [3.63, 3.8) is 0 Å². The zero-order valence-corrected chi connectivity index (χ0v) is 8.52. The molecule has 1 rings (SSSR count). The molecule has 1 aliphatic rings. The predicted octanol–water partition coefficient (Wildman–Crippen LogP) is 2.05. The topological polar surface area (TPSA) is 60.2 Å². The third kappa shape index (κ3) is 2.30. The quantitative estimate of drug-likeness (QED) is 0.395. The van der Waals surface area contributed by atoms with E-state index >= 15 is 0 Å². The molecule has 0 amide bonds. The maximum absolute atomic E-state index is 10.8. The lowest BCUT2D eigenvalue weighted by atomic mass is 9.76. The number of rotatable bonds is 4. The zero-order chi connectivity index (χ0) is 10.6. The van der Waals surface area contributed by atoms with Gasteiger partial charge in [-0.3, -0.25) is 10.1 Å². The van der Waals surface area contributed by atoms with Crippen molar-refractivity contribution in [3.05, 3.63) is 10.1 Å². The highest BCUT2D eigenvalue weighted by molar-refractivity contribution is 5.54. The molecule has 14 heavy (non-hydrogen) atoms. The fourth-order valence-electron chi connectivity index (χ4n) is 2.40. The fourth-order valence-corrected chi connectivity index (χ4v) is 2.40. The Morgan fingerprint density at radius 1 is 1.50 bits per heavy atom. The van der Waals surface area contributed by atoms with Gasteiger partial charge in [-0.05, 0) is 19.3 Å². The molecule has 0 bridgehead atoms. The van der Waals surface area contributed by atoms with Crippen molar-refractivity contribution in [1.82, 2.24) is 0 Å². The Morgan fingerprint density at radius 2 is 2.14 bits per heavy atom. The molecule has 80 valence electrons. The van der Waals surface area contributed by atoms with Gasteiger partial charge in [-0.1, -0.05) is 13.3 Å². The third-order valence-electron chi connectivity index (χ3n) is 3.25. The van der Waals surface area contributed by atoms with Gasteiger partial charge < -0.3 is 4.79 Å². The molecule has 1 aliphatic carbocycles. The van der Waals surface area contributed by atoms with E-state index < -0.39 is 6.04 Å².